The fourth-order valence-electron chi connectivity index (χ4n) is 7.23. The quantitative estimate of drug-likeness (QED) is 0.0815. The Morgan fingerprint density at radius 3 is 1.96 bits per heavy atom. The van der Waals surface area contributed by atoms with Gasteiger partial charge in [-0.2, -0.15) is 0 Å². The molecule has 0 aliphatic rings. The van der Waals surface area contributed by atoms with Gasteiger partial charge in [0.25, 0.3) is 0 Å². The Balaban J connectivity index is 0.927. The highest BCUT2D eigenvalue weighted by molar-refractivity contribution is 7.00. The van der Waals surface area contributed by atoms with Gasteiger partial charge in [0, 0.05) is 24.0 Å². The van der Waals surface area contributed by atoms with E-state index in [2.05, 4.69) is 152 Å². The van der Waals surface area contributed by atoms with E-state index in [0.29, 0.717) is 12.3 Å². The van der Waals surface area contributed by atoms with Gasteiger partial charge in [-0.05, 0) is 94.5 Å². The minimum absolute atomic E-state index is 0.134. The number of hydrogen-bond acceptors (Lipinski definition) is 6. The Kier molecular flexibility index (Phi) is 11.6. The van der Waals surface area contributed by atoms with Crippen molar-refractivity contribution in [3.05, 3.63) is 163 Å². The molecule has 0 aliphatic heterocycles. The van der Waals surface area contributed by atoms with E-state index in [-0.39, 0.29) is 11.6 Å². The summed E-state index contributed by atoms with van der Waals surface area (Å²) in [5.74, 6) is 2.37. The summed E-state index contributed by atoms with van der Waals surface area (Å²) in [7, 11) is -2.73. The highest BCUT2D eigenvalue weighted by Gasteiger charge is 2.52. The summed E-state index contributed by atoms with van der Waals surface area (Å²) in [5, 5.41) is 16.4. The lowest BCUT2D eigenvalue weighted by molar-refractivity contribution is 0.106. The predicted octanol–water partition coefficient (Wildman–Crippen LogP) is 8.16. The van der Waals surface area contributed by atoms with Gasteiger partial charge in [-0.25, -0.2) is 9.97 Å². The van der Waals surface area contributed by atoms with Crippen molar-refractivity contribution in [2.24, 2.45) is 0 Å². The summed E-state index contributed by atoms with van der Waals surface area (Å²) in [6, 6.07) is 50.1. The van der Waals surface area contributed by atoms with E-state index in [1.165, 1.54) is 21.5 Å². The Morgan fingerprint density at radius 2 is 1.35 bits per heavy atom. The normalized spacial score (nSPS) is 12.5. The number of fused-ring (bicyclic) bond motifs is 1. The fourth-order valence-corrected chi connectivity index (χ4v) is 11.7. The molecule has 55 heavy (non-hydrogen) atoms. The third-order valence-electron chi connectivity index (χ3n) is 10.2. The van der Waals surface area contributed by atoms with Crippen molar-refractivity contribution in [1.29, 1.82) is 0 Å². The first kappa shape index (κ1) is 37.8. The second kappa shape index (κ2) is 16.9. The van der Waals surface area contributed by atoms with Gasteiger partial charge >= 0.3 is 8.32 Å². The van der Waals surface area contributed by atoms with Crippen molar-refractivity contribution in [3.63, 3.8) is 0 Å². The van der Waals surface area contributed by atoms with Gasteiger partial charge in [-0.15, -0.1) is 0 Å². The van der Waals surface area contributed by atoms with Gasteiger partial charge in [0.15, 0.2) is 5.65 Å². The second-order valence-electron chi connectivity index (χ2n) is 15.0. The van der Waals surface area contributed by atoms with Crippen molar-refractivity contribution < 1.29 is 14.3 Å². The summed E-state index contributed by atoms with van der Waals surface area (Å²) in [6.45, 7) is 10.3. The number of nitrogens with zero attached hydrogens (tertiary/aromatic N) is 3. The molecule has 0 saturated carbocycles. The molecule has 0 aliphatic carbocycles. The smallest absolute Gasteiger partial charge is 0.319 e. The third-order valence-corrected chi connectivity index (χ3v) is 15.1. The van der Waals surface area contributed by atoms with Crippen LogP contribution in [-0.4, -0.2) is 53.8 Å². The van der Waals surface area contributed by atoms with E-state index in [1.807, 2.05) is 42.6 Å². The molecule has 7 rings (SSSR count). The lowest BCUT2D eigenvalue weighted by atomic mass is 10.1. The summed E-state index contributed by atoms with van der Waals surface area (Å²) in [4.78, 5) is 9.62. The van der Waals surface area contributed by atoms with Gasteiger partial charge in [-0.1, -0.05) is 125 Å². The van der Waals surface area contributed by atoms with E-state index < -0.39 is 14.4 Å². The largest absolute Gasteiger partial charge is 0.534 e. The summed E-state index contributed by atoms with van der Waals surface area (Å²) in [5.41, 5.74) is 6.28. The molecule has 7 nitrogen and oxygen atoms in total. The molecule has 0 amide bonds. The Labute approximate surface area is 325 Å². The molecule has 0 bridgehead atoms. The van der Waals surface area contributed by atoms with Crippen LogP contribution in [0.4, 0.5) is 0 Å². The highest BCUT2D eigenvalue weighted by atomic mass is 28.4. The molecular weight excluding hydrogens is 697 g/mol. The first-order valence-electron chi connectivity index (χ1n) is 19.2. The molecule has 0 unspecified atom stereocenters. The van der Waals surface area contributed by atoms with Crippen LogP contribution in [-0.2, 0) is 12.8 Å². The number of aryl methyl sites for hydroxylation is 1. The Hall–Kier alpha value is -5.54. The van der Waals surface area contributed by atoms with Crippen LogP contribution >= 0.6 is 0 Å². The number of rotatable bonds is 15. The number of imidazole rings is 1. The van der Waals surface area contributed by atoms with E-state index >= 15 is 0 Å². The molecule has 0 radical (unpaired) electrons. The lowest BCUT2D eigenvalue weighted by Crippen LogP contribution is -2.68. The summed E-state index contributed by atoms with van der Waals surface area (Å²) >= 11 is 0. The number of ether oxygens (including phenoxy) is 1. The van der Waals surface area contributed by atoms with Crippen LogP contribution in [0.3, 0.4) is 0 Å². The molecule has 280 valence electrons. The van der Waals surface area contributed by atoms with Crippen LogP contribution in [0.2, 0.25) is 5.04 Å². The maximum Gasteiger partial charge on any atom is 0.319 e. The maximum atomic E-state index is 10.7. The molecule has 8 heteroatoms. The molecule has 1 atom stereocenters. The zero-order valence-corrected chi connectivity index (χ0v) is 33.2. The summed E-state index contributed by atoms with van der Waals surface area (Å²) in [6.07, 6.45) is 2.99. The number of aliphatic hydroxyl groups excluding tert-OH is 1. The van der Waals surface area contributed by atoms with E-state index in [1.54, 1.807) is 0 Å². The molecule has 0 saturated heterocycles. The predicted molar refractivity (Wildman–Crippen MR) is 226 cm³/mol. The number of aliphatic hydroxyl groups is 1. The van der Waals surface area contributed by atoms with Crippen LogP contribution in [0.5, 0.6) is 11.5 Å². The van der Waals surface area contributed by atoms with E-state index in [4.69, 9.17) is 14.1 Å². The molecule has 5 aromatic carbocycles. The van der Waals surface area contributed by atoms with Crippen LogP contribution in [0.15, 0.2) is 152 Å². The monoisotopic (exact) mass is 746 g/mol. The minimum atomic E-state index is -2.73. The van der Waals surface area contributed by atoms with Gasteiger partial charge in [0.05, 0.1) is 0 Å². The minimum Gasteiger partial charge on any atom is -0.534 e. The third kappa shape index (κ3) is 8.42. The van der Waals surface area contributed by atoms with Crippen molar-refractivity contribution >= 4 is 29.9 Å². The highest BCUT2D eigenvalue weighted by Crippen LogP contribution is 2.38. The van der Waals surface area contributed by atoms with Crippen molar-refractivity contribution in [1.82, 2.24) is 19.9 Å². The number of hydrogen-bond donors (Lipinski definition) is 2. The van der Waals surface area contributed by atoms with Gasteiger partial charge in [-0.3, -0.25) is 4.57 Å². The van der Waals surface area contributed by atoms with E-state index in [0.717, 1.165) is 53.4 Å². The lowest BCUT2D eigenvalue weighted by Gasteiger charge is -2.43. The zero-order valence-electron chi connectivity index (χ0n) is 32.2. The Bertz CT molecular complexity index is 2230. The zero-order chi connectivity index (χ0) is 38.3. The van der Waals surface area contributed by atoms with Crippen LogP contribution in [0.1, 0.15) is 38.8 Å². The second-order valence-corrected chi connectivity index (χ2v) is 19.2. The van der Waals surface area contributed by atoms with Gasteiger partial charge in [0.2, 0.25) is 0 Å². The number of benzene rings is 5. The molecule has 2 aromatic heterocycles. The SMILES string of the molecule is CCc1ccc(-c2nc3cccnc3n2-c2ccc(CCNC[C@H](O)COc3ccc(O[Si](c4ccccc4)(c4ccccc4)C(C)(C)C)cc3)cc2)cc1. The van der Waals surface area contributed by atoms with Gasteiger partial charge < -0.3 is 19.6 Å². The number of nitrogens with one attached hydrogen (secondary N) is 1. The number of aromatic nitrogens is 3. The van der Waals surface area contributed by atoms with E-state index in [9.17, 15) is 5.11 Å². The average molecular weight is 747 g/mol. The average Bonchev–Trinajstić information content (AvgIpc) is 3.61. The standard InChI is InChI=1S/C47H50N4O3Si/c1-5-35-18-22-37(23-19-35)45-50-44-17-12-31-49-46(44)51(45)38-24-20-36(21-25-38)30-32-48-33-39(52)34-53-40-26-28-41(29-27-40)54-55(47(2,3)4,42-13-8-6-9-14-42)43-15-10-7-11-16-43/h6-29,31,39,48,52H,5,30,32-34H2,1-4H3/t39-/m0/s1. The van der Waals surface area contributed by atoms with Crippen molar-refractivity contribution in [2.45, 2.75) is 51.7 Å². The molecular formula is C47H50N4O3Si. The topological polar surface area (TPSA) is 81.4 Å². The maximum absolute atomic E-state index is 10.7. The molecule has 7 aromatic rings. The van der Waals surface area contributed by atoms with Crippen LogP contribution in [0, 0.1) is 0 Å². The van der Waals surface area contributed by atoms with Crippen LogP contribution < -0.4 is 24.9 Å². The van der Waals surface area contributed by atoms with Gasteiger partial charge in [0.1, 0.15) is 35.6 Å². The first-order valence-corrected chi connectivity index (χ1v) is 21.1. The molecule has 0 spiro atoms. The summed E-state index contributed by atoms with van der Waals surface area (Å²) < 4.78 is 15.2. The van der Waals surface area contributed by atoms with Crippen LogP contribution in [0.25, 0.3) is 28.2 Å². The Morgan fingerprint density at radius 1 is 0.727 bits per heavy atom. The number of pyridine rings is 1. The molecule has 2 heterocycles. The molecule has 0 fully saturated rings. The molecule has 2 N–H and O–H groups in total. The van der Waals surface area contributed by atoms with Crippen molar-refractivity contribution in [2.75, 3.05) is 19.7 Å². The van der Waals surface area contributed by atoms with Crippen molar-refractivity contribution in [3.8, 4) is 28.6 Å². The first-order chi connectivity index (χ1) is 26.7. The fraction of sp³-hybridized carbons (Fsp3) is 0.234.